The first-order chi connectivity index (χ1) is 7.74. The predicted octanol–water partition coefficient (Wildman–Crippen LogP) is 0.670. The lowest BCUT2D eigenvalue weighted by atomic mass is 10.2. The molecule has 0 radical (unpaired) electrons. The third kappa shape index (κ3) is 1.60. The average Bonchev–Trinajstić information content (AvgIpc) is 2.74. The predicted molar refractivity (Wildman–Crippen MR) is 58.6 cm³/mol. The molecule has 0 amide bonds. The van der Waals surface area contributed by atoms with E-state index in [1.807, 2.05) is 11.5 Å². The van der Waals surface area contributed by atoms with Gasteiger partial charge in [-0.15, -0.1) is 0 Å². The summed E-state index contributed by atoms with van der Waals surface area (Å²) in [6.07, 6.45) is 6.70. The van der Waals surface area contributed by atoms with Crippen molar-refractivity contribution in [2.24, 2.45) is 10.9 Å². The van der Waals surface area contributed by atoms with Crippen LogP contribution in [0.1, 0.15) is 11.4 Å². The van der Waals surface area contributed by atoms with E-state index in [1.54, 1.807) is 30.9 Å². The molecule has 6 nitrogen and oxygen atoms in total. The summed E-state index contributed by atoms with van der Waals surface area (Å²) in [6.45, 7) is 1.86. The molecule has 0 atom stereocenters. The Hall–Kier alpha value is -2.37. The maximum Gasteiger partial charge on any atom is 0.172 e. The number of oxime groups is 1. The third-order valence-corrected chi connectivity index (χ3v) is 2.27. The van der Waals surface area contributed by atoms with Gasteiger partial charge in [0.15, 0.2) is 5.84 Å². The van der Waals surface area contributed by atoms with Crippen LogP contribution in [0.4, 0.5) is 0 Å². The molecule has 3 N–H and O–H groups in total. The van der Waals surface area contributed by atoms with Gasteiger partial charge < -0.3 is 15.5 Å². The summed E-state index contributed by atoms with van der Waals surface area (Å²) in [7, 11) is 0. The van der Waals surface area contributed by atoms with E-state index in [0.29, 0.717) is 5.56 Å². The summed E-state index contributed by atoms with van der Waals surface area (Å²) in [5, 5.41) is 11.7. The van der Waals surface area contributed by atoms with Crippen molar-refractivity contribution < 1.29 is 5.21 Å². The van der Waals surface area contributed by atoms with Gasteiger partial charge in [0.1, 0.15) is 5.82 Å². The van der Waals surface area contributed by atoms with Crippen LogP contribution < -0.4 is 5.73 Å². The quantitative estimate of drug-likeness (QED) is 0.335. The summed E-state index contributed by atoms with van der Waals surface area (Å²) >= 11 is 0. The number of pyridine rings is 1. The van der Waals surface area contributed by atoms with Gasteiger partial charge in [0.2, 0.25) is 0 Å². The van der Waals surface area contributed by atoms with Crippen LogP contribution in [0, 0.1) is 6.92 Å². The number of hydrogen-bond acceptors (Lipinski definition) is 4. The summed E-state index contributed by atoms with van der Waals surface area (Å²) in [5.41, 5.74) is 6.93. The Balaban J connectivity index is 2.62. The Morgan fingerprint density at radius 1 is 1.50 bits per heavy atom. The van der Waals surface area contributed by atoms with E-state index in [1.165, 1.54) is 0 Å². The minimum absolute atomic E-state index is 0.0468. The molecular weight excluding hydrogens is 206 g/mol. The molecule has 0 saturated heterocycles. The van der Waals surface area contributed by atoms with Gasteiger partial charge in [0, 0.05) is 24.2 Å². The van der Waals surface area contributed by atoms with E-state index < -0.39 is 0 Å². The van der Waals surface area contributed by atoms with Crippen LogP contribution in [-0.4, -0.2) is 25.6 Å². The Morgan fingerprint density at radius 2 is 2.31 bits per heavy atom. The number of rotatable bonds is 2. The van der Waals surface area contributed by atoms with Crippen molar-refractivity contribution in [1.29, 1.82) is 0 Å². The average molecular weight is 217 g/mol. The molecule has 0 aliphatic rings. The van der Waals surface area contributed by atoms with E-state index in [9.17, 15) is 0 Å². The Labute approximate surface area is 92.1 Å². The molecule has 0 saturated carbocycles. The summed E-state index contributed by atoms with van der Waals surface area (Å²) < 4.78 is 1.82. The van der Waals surface area contributed by atoms with E-state index in [-0.39, 0.29) is 5.84 Å². The van der Waals surface area contributed by atoms with Crippen molar-refractivity contribution in [3.05, 3.63) is 42.2 Å². The molecule has 6 heteroatoms. The van der Waals surface area contributed by atoms with E-state index in [0.717, 1.165) is 11.5 Å². The maximum absolute atomic E-state index is 8.70. The molecule has 0 bridgehead atoms. The fourth-order valence-corrected chi connectivity index (χ4v) is 1.48. The van der Waals surface area contributed by atoms with Gasteiger partial charge in [0.25, 0.3) is 0 Å². The molecule has 2 aromatic heterocycles. The fraction of sp³-hybridized carbons (Fsp3) is 0.100. The summed E-state index contributed by atoms with van der Waals surface area (Å²) in [4.78, 5) is 8.13. The smallest absolute Gasteiger partial charge is 0.172 e. The SMILES string of the molecule is Cc1nccn1-c1cnccc1/C(N)=N/O. The van der Waals surface area contributed by atoms with Crippen molar-refractivity contribution in [2.75, 3.05) is 0 Å². The van der Waals surface area contributed by atoms with Crippen LogP contribution in [0.3, 0.4) is 0 Å². The van der Waals surface area contributed by atoms with E-state index in [4.69, 9.17) is 10.9 Å². The monoisotopic (exact) mass is 217 g/mol. The van der Waals surface area contributed by atoms with Crippen LogP contribution in [0.5, 0.6) is 0 Å². The van der Waals surface area contributed by atoms with Gasteiger partial charge in [-0.1, -0.05) is 5.16 Å². The Bertz CT molecular complexity index is 532. The molecule has 2 aromatic rings. The molecule has 2 rings (SSSR count). The second kappa shape index (κ2) is 4.01. The first-order valence-electron chi connectivity index (χ1n) is 4.66. The fourth-order valence-electron chi connectivity index (χ4n) is 1.48. The van der Waals surface area contributed by atoms with Gasteiger partial charge in [-0.3, -0.25) is 4.98 Å². The van der Waals surface area contributed by atoms with Crippen LogP contribution >= 0.6 is 0 Å². The van der Waals surface area contributed by atoms with Gasteiger partial charge in [-0.05, 0) is 13.0 Å². The zero-order valence-corrected chi connectivity index (χ0v) is 8.70. The summed E-state index contributed by atoms with van der Waals surface area (Å²) in [6, 6.07) is 1.68. The third-order valence-electron chi connectivity index (χ3n) is 2.27. The number of aromatic nitrogens is 3. The van der Waals surface area contributed by atoms with Gasteiger partial charge >= 0.3 is 0 Å². The second-order valence-electron chi connectivity index (χ2n) is 3.22. The number of hydrogen-bond donors (Lipinski definition) is 2. The normalized spacial score (nSPS) is 11.7. The van der Waals surface area contributed by atoms with Gasteiger partial charge in [0.05, 0.1) is 11.9 Å². The number of amidine groups is 1. The van der Waals surface area contributed by atoms with E-state index in [2.05, 4.69) is 15.1 Å². The minimum atomic E-state index is 0.0468. The first-order valence-corrected chi connectivity index (χ1v) is 4.66. The molecule has 0 fully saturated rings. The molecule has 2 heterocycles. The second-order valence-corrected chi connectivity index (χ2v) is 3.22. The molecule has 0 unspecified atom stereocenters. The lowest BCUT2D eigenvalue weighted by Gasteiger charge is -2.09. The minimum Gasteiger partial charge on any atom is -0.409 e. The largest absolute Gasteiger partial charge is 0.409 e. The van der Waals surface area contributed by atoms with Crippen molar-refractivity contribution in [2.45, 2.75) is 6.92 Å². The Morgan fingerprint density at radius 3 is 2.94 bits per heavy atom. The van der Waals surface area contributed by atoms with Gasteiger partial charge in [-0.25, -0.2) is 4.98 Å². The molecule has 0 spiro atoms. The highest BCUT2D eigenvalue weighted by atomic mass is 16.4. The molecular formula is C10H11N5O. The van der Waals surface area contributed by atoms with Crippen molar-refractivity contribution in [1.82, 2.24) is 14.5 Å². The maximum atomic E-state index is 8.70. The highest BCUT2D eigenvalue weighted by molar-refractivity contribution is 6.00. The molecule has 16 heavy (non-hydrogen) atoms. The highest BCUT2D eigenvalue weighted by Crippen LogP contribution is 2.14. The molecule has 0 aliphatic heterocycles. The molecule has 82 valence electrons. The first kappa shape index (κ1) is 10.2. The lowest BCUT2D eigenvalue weighted by Crippen LogP contribution is -2.16. The Kier molecular flexibility index (Phi) is 2.55. The molecule has 0 aromatic carbocycles. The topological polar surface area (TPSA) is 89.3 Å². The zero-order chi connectivity index (χ0) is 11.5. The number of nitrogens with two attached hydrogens (primary N) is 1. The lowest BCUT2D eigenvalue weighted by molar-refractivity contribution is 0.318. The van der Waals surface area contributed by atoms with Crippen molar-refractivity contribution >= 4 is 5.84 Å². The number of nitrogens with zero attached hydrogens (tertiary/aromatic N) is 4. The van der Waals surface area contributed by atoms with Gasteiger partial charge in [-0.2, -0.15) is 0 Å². The highest BCUT2D eigenvalue weighted by Gasteiger charge is 2.09. The van der Waals surface area contributed by atoms with Crippen molar-refractivity contribution in [3.63, 3.8) is 0 Å². The van der Waals surface area contributed by atoms with Crippen LogP contribution in [0.25, 0.3) is 5.69 Å². The standard InChI is InChI=1S/C10H11N5O/c1-7-13-4-5-15(7)9-6-12-3-2-8(9)10(11)14-16/h2-6,16H,1H3,(H2,11,14). The van der Waals surface area contributed by atoms with Crippen LogP contribution in [0.2, 0.25) is 0 Å². The van der Waals surface area contributed by atoms with E-state index >= 15 is 0 Å². The zero-order valence-electron chi connectivity index (χ0n) is 8.70. The summed E-state index contributed by atoms with van der Waals surface area (Å²) in [5.74, 6) is 0.852. The van der Waals surface area contributed by atoms with Crippen LogP contribution in [-0.2, 0) is 0 Å². The van der Waals surface area contributed by atoms with Crippen molar-refractivity contribution in [3.8, 4) is 5.69 Å². The number of imidazole rings is 1. The van der Waals surface area contributed by atoms with Crippen LogP contribution in [0.15, 0.2) is 36.0 Å². The number of aryl methyl sites for hydroxylation is 1. The molecule has 0 aliphatic carbocycles.